The smallest absolute Gasteiger partial charge is 0.224 e. The van der Waals surface area contributed by atoms with Gasteiger partial charge in [0.05, 0.1) is 5.69 Å². The van der Waals surface area contributed by atoms with Crippen LogP contribution in [0.5, 0.6) is 0 Å². The zero-order valence-electron chi connectivity index (χ0n) is 14.3. The van der Waals surface area contributed by atoms with Gasteiger partial charge in [0.15, 0.2) is 5.13 Å². The summed E-state index contributed by atoms with van der Waals surface area (Å²) in [5.41, 5.74) is 2.89. The third kappa shape index (κ3) is 4.79. The first kappa shape index (κ1) is 17.5. The number of benzene rings is 1. The van der Waals surface area contributed by atoms with E-state index in [2.05, 4.69) is 29.4 Å². The largest absolute Gasteiger partial charge is 0.349 e. The van der Waals surface area contributed by atoms with E-state index < -0.39 is 0 Å². The standard InChI is InChI=1S/C18H25N3OS/c1-5-21(6-2)18-20-16(12-23-18)14-7-9-15(10-8-14)19-17(22)11-13(3)4/h7-10,12-13H,5-6,11H2,1-4H3,(H,19,22). The first-order chi connectivity index (χ1) is 11.0. The highest BCUT2D eigenvalue weighted by Gasteiger charge is 2.10. The van der Waals surface area contributed by atoms with Crippen LogP contribution in [0.15, 0.2) is 29.6 Å². The molecule has 0 unspecified atom stereocenters. The molecule has 0 fully saturated rings. The van der Waals surface area contributed by atoms with E-state index in [4.69, 9.17) is 4.98 Å². The predicted molar refractivity (Wildman–Crippen MR) is 99.2 cm³/mol. The van der Waals surface area contributed by atoms with Gasteiger partial charge in [0.25, 0.3) is 0 Å². The number of nitrogens with one attached hydrogen (secondary N) is 1. The summed E-state index contributed by atoms with van der Waals surface area (Å²) in [6.45, 7) is 10.3. The average Bonchev–Trinajstić information content (AvgIpc) is 2.98. The number of carbonyl (C=O) groups is 1. The molecular formula is C18H25N3OS. The fraction of sp³-hybridized carbons (Fsp3) is 0.444. The minimum absolute atomic E-state index is 0.0604. The van der Waals surface area contributed by atoms with Crippen LogP contribution >= 0.6 is 11.3 Å². The number of anilines is 2. The molecule has 0 aliphatic rings. The van der Waals surface area contributed by atoms with E-state index >= 15 is 0 Å². The summed E-state index contributed by atoms with van der Waals surface area (Å²) in [5, 5.41) is 6.07. The number of thiazole rings is 1. The lowest BCUT2D eigenvalue weighted by Crippen LogP contribution is -2.21. The van der Waals surface area contributed by atoms with Crippen LogP contribution in [0.25, 0.3) is 11.3 Å². The first-order valence-electron chi connectivity index (χ1n) is 8.14. The van der Waals surface area contributed by atoms with Gasteiger partial charge in [-0.05, 0) is 31.9 Å². The second-order valence-corrected chi connectivity index (χ2v) is 6.75. The van der Waals surface area contributed by atoms with E-state index in [1.54, 1.807) is 11.3 Å². The number of hydrogen-bond donors (Lipinski definition) is 1. The summed E-state index contributed by atoms with van der Waals surface area (Å²) >= 11 is 1.67. The Bertz CT molecular complexity index is 630. The molecule has 0 aliphatic heterocycles. The van der Waals surface area contributed by atoms with Crippen LogP contribution in [0.1, 0.15) is 34.1 Å². The van der Waals surface area contributed by atoms with Gasteiger partial charge in [0.2, 0.25) is 5.91 Å². The summed E-state index contributed by atoms with van der Waals surface area (Å²) in [6.07, 6.45) is 0.543. The van der Waals surface area contributed by atoms with E-state index in [1.165, 1.54) is 0 Å². The van der Waals surface area contributed by atoms with Gasteiger partial charge < -0.3 is 10.2 Å². The molecule has 0 spiro atoms. The highest BCUT2D eigenvalue weighted by atomic mass is 32.1. The molecule has 1 heterocycles. The molecule has 0 bridgehead atoms. The van der Waals surface area contributed by atoms with Crippen LogP contribution in [0.2, 0.25) is 0 Å². The summed E-state index contributed by atoms with van der Waals surface area (Å²) in [5.74, 6) is 0.424. The van der Waals surface area contributed by atoms with E-state index in [9.17, 15) is 4.79 Å². The SMILES string of the molecule is CCN(CC)c1nc(-c2ccc(NC(=O)CC(C)C)cc2)cs1. The van der Waals surface area contributed by atoms with Crippen LogP contribution in [-0.2, 0) is 4.79 Å². The molecule has 1 aromatic carbocycles. The molecule has 0 radical (unpaired) electrons. The lowest BCUT2D eigenvalue weighted by Gasteiger charge is -2.16. The number of nitrogens with zero attached hydrogens (tertiary/aromatic N) is 2. The van der Waals surface area contributed by atoms with Crippen LogP contribution < -0.4 is 10.2 Å². The van der Waals surface area contributed by atoms with Gasteiger partial charge in [-0.25, -0.2) is 4.98 Å². The number of rotatable bonds is 7. The summed E-state index contributed by atoms with van der Waals surface area (Å²) < 4.78 is 0. The number of hydrogen-bond acceptors (Lipinski definition) is 4. The second kappa shape index (κ2) is 8.11. The normalized spacial score (nSPS) is 10.8. The molecule has 5 heteroatoms. The van der Waals surface area contributed by atoms with E-state index in [0.717, 1.165) is 35.2 Å². The summed E-state index contributed by atoms with van der Waals surface area (Å²) in [7, 11) is 0. The van der Waals surface area contributed by atoms with Crippen molar-refractivity contribution < 1.29 is 4.79 Å². The van der Waals surface area contributed by atoms with Gasteiger partial charge in [-0.3, -0.25) is 4.79 Å². The van der Waals surface area contributed by atoms with Gasteiger partial charge >= 0.3 is 0 Å². The van der Waals surface area contributed by atoms with E-state index in [-0.39, 0.29) is 5.91 Å². The number of carbonyl (C=O) groups excluding carboxylic acids is 1. The molecule has 0 aliphatic carbocycles. The maximum atomic E-state index is 11.8. The molecule has 2 aromatic rings. The van der Waals surface area contributed by atoms with Crippen molar-refractivity contribution in [3.63, 3.8) is 0 Å². The molecule has 23 heavy (non-hydrogen) atoms. The van der Waals surface area contributed by atoms with Crippen molar-refractivity contribution in [2.24, 2.45) is 5.92 Å². The Hall–Kier alpha value is -1.88. The maximum absolute atomic E-state index is 11.8. The Kier molecular flexibility index (Phi) is 6.16. The first-order valence-corrected chi connectivity index (χ1v) is 9.02. The summed E-state index contributed by atoms with van der Waals surface area (Å²) in [6, 6.07) is 7.88. The van der Waals surface area contributed by atoms with Crippen molar-refractivity contribution in [3.05, 3.63) is 29.6 Å². The van der Waals surface area contributed by atoms with Crippen LogP contribution in [0.4, 0.5) is 10.8 Å². The zero-order valence-corrected chi connectivity index (χ0v) is 15.1. The van der Waals surface area contributed by atoms with Crippen molar-refractivity contribution >= 4 is 28.1 Å². The van der Waals surface area contributed by atoms with Gasteiger partial charge in [0, 0.05) is 36.1 Å². The van der Waals surface area contributed by atoms with Gasteiger partial charge in [-0.2, -0.15) is 0 Å². The van der Waals surface area contributed by atoms with Crippen LogP contribution in [0.3, 0.4) is 0 Å². The highest BCUT2D eigenvalue weighted by Crippen LogP contribution is 2.28. The van der Waals surface area contributed by atoms with Gasteiger partial charge in [-0.15, -0.1) is 11.3 Å². The monoisotopic (exact) mass is 331 g/mol. The lowest BCUT2D eigenvalue weighted by molar-refractivity contribution is -0.116. The molecule has 124 valence electrons. The molecular weight excluding hydrogens is 306 g/mol. The quantitative estimate of drug-likeness (QED) is 0.804. The Morgan fingerprint density at radius 2 is 1.87 bits per heavy atom. The molecule has 1 amide bonds. The van der Waals surface area contributed by atoms with Crippen molar-refractivity contribution in [1.29, 1.82) is 0 Å². The second-order valence-electron chi connectivity index (χ2n) is 5.91. The molecule has 0 atom stereocenters. The van der Waals surface area contributed by atoms with Gasteiger partial charge in [-0.1, -0.05) is 26.0 Å². The minimum Gasteiger partial charge on any atom is -0.349 e. The van der Waals surface area contributed by atoms with Crippen LogP contribution in [-0.4, -0.2) is 24.0 Å². The molecule has 0 saturated carbocycles. The molecule has 0 saturated heterocycles. The molecule has 2 rings (SSSR count). The number of aromatic nitrogens is 1. The van der Waals surface area contributed by atoms with Crippen molar-refractivity contribution in [1.82, 2.24) is 4.98 Å². The predicted octanol–water partition coefficient (Wildman–Crippen LogP) is 4.64. The Morgan fingerprint density at radius 3 is 2.43 bits per heavy atom. The topological polar surface area (TPSA) is 45.2 Å². The minimum atomic E-state index is 0.0604. The van der Waals surface area contributed by atoms with Crippen molar-refractivity contribution in [2.45, 2.75) is 34.1 Å². The fourth-order valence-electron chi connectivity index (χ4n) is 2.34. The average molecular weight is 331 g/mol. The third-order valence-electron chi connectivity index (χ3n) is 3.58. The van der Waals surface area contributed by atoms with Crippen molar-refractivity contribution in [3.8, 4) is 11.3 Å². The van der Waals surface area contributed by atoms with Crippen molar-refractivity contribution in [2.75, 3.05) is 23.3 Å². The molecule has 1 N–H and O–H groups in total. The van der Waals surface area contributed by atoms with E-state index in [1.807, 2.05) is 38.1 Å². The molecule has 4 nitrogen and oxygen atoms in total. The molecule has 1 aromatic heterocycles. The summed E-state index contributed by atoms with van der Waals surface area (Å²) in [4.78, 5) is 18.7. The third-order valence-corrected chi connectivity index (χ3v) is 4.49. The Labute approximate surface area is 142 Å². The number of amides is 1. The van der Waals surface area contributed by atoms with Gasteiger partial charge in [0.1, 0.15) is 0 Å². The van der Waals surface area contributed by atoms with E-state index in [0.29, 0.717) is 12.3 Å². The highest BCUT2D eigenvalue weighted by molar-refractivity contribution is 7.14. The Balaban J connectivity index is 2.06. The Morgan fingerprint density at radius 1 is 1.22 bits per heavy atom. The lowest BCUT2D eigenvalue weighted by atomic mass is 10.1. The maximum Gasteiger partial charge on any atom is 0.224 e. The zero-order chi connectivity index (χ0) is 16.8. The van der Waals surface area contributed by atoms with Crippen LogP contribution in [0, 0.1) is 5.92 Å². The fourth-order valence-corrected chi connectivity index (χ4v) is 3.31.